The Morgan fingerprint density at radius 3 is 2.74 bits per heavy atom. The van der Waals surface area contributed by atoms with Crippen molar-refractivity contribution in [2.75, 3.05) is 23.8 Å². The molecule has 3 rings (SSSR count). The Morgan fingerprint density at radius 1 is 1.11 bits per heavy atom. The van der Waals surface area contributed by atoms with Gasteiger partial charge in [-0.2, -0.15) is 0 Å². The van der Waals surface area contributed by atoms with E-state index in [0.717, 1.165) is 17.0 Å². The molecule has 0 aliphatic heterocycles. The Morgan fingerprint density at radius 2 is 1.93 bits per heavy atom. The van der Waals surface area contributed by atoms with Gasteiger partial charge in [-0.15, -0.1) is 0 Å². The highest BCUT2D eigenvalue weighted by molar-refractivity contribution is 5.89. The minimum absolute atomic E-state index is 0.120. The minimum atomic E-state index is -0.120. The molecule has 0 saturated heterocycles. The molecule has 7 nitrogen and oxygen atoms in total. The number of nitrogens with one attached hydrogen (secondary N) is 2. The molecule has 3 aromatic rings. The number of nitrogens with two attached hydrogens (primary N) is 1. The maximum Gasteiger partial charge on any atom is 0.221 e. The minimum Gasteiger partial charge on any atom is -0.492 e. The number of ether oxygens (including phenoxy) is 1. The van der Waals surface area contributed by atoms with Gasteiger partial charge in [0, 0.05) is 36.5 Å². The summed E-state index contributed by atoms with van der Waals surface area (Å²) in [5, 5.41) is 5.99. The van der Waals surface area contributed by atoms with Crippen LogP contribution in [0.3, 0.4) is 0 Å². The standard InChI is InChI=1S/C20H21N5O2/c1-14(26)23-16-5-2-4-15(10-16)19-12-22-13-20(25-19)24-17-6-3-7-18(11-17)27-9-8-21/h2-7,10-13H,8-9,21H2,1H3,(H,23,26)(H,24,25). The Kier molecular flexibility index (Phi) is 5.96. The number of rotatable bonds is 7. The molecule has 0 radical (unpaired) electrons. The number of hydrogen-bond acceptors (Lipinski definition) is 6. The molecular weight excluding hydrogens is 342 g/mol. The SMILES string of the molecule is CC(=O)Nc1cccc(-c2cncc(Nc3cccc(OCCN)c3)n2)c1. The number of nitrogens with zero attached hydrogens (tertiary/aromatic N) is 2. The quantitative estimate of drug-likeness (QED) is 0.596. The highest BCUT2D eigenvalue weighted by Crippen LogP contribution is 2.24. The molecule has 138 valence electrons. The lowest BCUT2D eigenvalue weighted by molar-refractivity contribution is -0.114. The summed E-state index contributed by atoms with van der Waals surface area (Å²) in [6.07, 6.45) is 3.33. The largest absolute Gasteiger partial charge is 0.492 e. The lowest BCUT2D eigenvalue weighted by Gasteiger charge is -2.10. The second-order valence-electron chi connectivity index (χ2n) is 5.84. The molecule has 0 aliphatic rings. The summed E-state index contributed by atoms with van der Waals surface area (Å²) < 4.78 is 5.54. The smallest absolute Gasteiger partial charge is 0.221 e. The van der Waals surface area contributed by atoms with Gasteiger partial charge < -0.3 is 21.1 Å². The normalized spacial score (nSPS) is 10.3. The molecule has 1 aromatic heterocycles. The fourth-order valence-corrected chi connectivity index (χ4v) is 2.51. The number of anilines is 3. The van der Waals surface area contributed by atoms with Gasteiger partial charge in [0.2, 0.25) is 5.91 Å². The van der Waals surface area contributed by atoms with Crippen LogP contribution in [0.4, 0.5) is 17.2 Å². The molecule has 0 bridgehead atoms. The van der Waals surface area contributed by atoms with Gasteiger partial charge in [0.1, 0.15) is 18.2 Å². The zero-order chi connectivity index (χ0) is 19.1. The highest BCUT2D eigenvalue weighted by atomic mass is 16.5. The maximum atomic E-state index is 11.2. The molecule has 1 heterocycles. The van der Waals surface area contributed by atoms with Crippen molar-refractivity contribution >= 4 is 23.1 Å². The average molecular weight is 363 g/mol. The van der Waals surface area contributed by atoms with Crippen LogP contribution in [0, 0.1) is 0 Å². The lowest BCUT2D eigenvalue weighted by atomic mass is 10.1. The van der Waals surface area contributed by atoms with Crippen molar-refractivity contribution < 1.29 is 9.53 Å². The molecule has 2 aromatic carbocycles. The van der Waals surface area contributed by atoms with Gasteiger partial charge in [-0.1, -0.05) is 18.2 Å². The van der Waals surface area contributed by atoms with E-state index in [1.165, 1.54) is 6.92 Å². The first kappa shape index (κ1) is 18.3. The predicted molar refractivity (Wildman–Crippen MR) is 106 cm³/mol. The van der Waals surface area contributed by atoms with Crippen LogP contribution in [0.5, 0.6) is 5.75 Å². The lowest BCUT2D eigenvalue weighted by Crippen LogP contribution is -2.10. The van der Waals surface area contributed by atoms with Crippen molar-refractivity contribution in [1.29, 1.82) is 0 Å². The van der Waals surface area contributed by atoms with Crippen molar-refractivity contribution in [3.63, 3.8) is 0 Å². The Labute approximate surface area is 157 Å². The predicted octanol–water partition coefficient (Wildman–Crippen LogP) is 3.18. The zero-order valence-corrected chi connectivity index (χ0v) is 15.0. The Balaban J connectivity index is 1.79. The van der Waals surface area contributed by atoms with Crippen LogP contribution >= 0.6 is 0 Å². The number of hydrogen-bond donors (Lipinski definition) is 3. The van der Waals surface area contributed by atoms with Crippen LogP contribution in [0.15, 0.2) is 60.9 Å². The number of aromatic nitrogens is 2. The number of amides is 1. The van der Waals surface area contributed by atoms with E-state index in [-0.39, 0.29) is 5.91 Å². The molecule has 0 saturated carbocycles. The Hall–Kier alpha value is -3.45. The summed E-state index contributed by atoms with van der Waals surface area (Å²) in [6.45, 7) is 2.40. The van der Waals surface area contributed by atoms with Crippen molar-refractivity contribution in [1.82, 2.24) is 9.97 Å². The fourth-order valence-electron chi connectivity index (χ4n) is 2.51. The molecule has 0 unspecified atom stereocenters. The van der Waals surface area contributed by atoms with E-state index < -0.39 is 0 Å². The molecule has 27 heavy (non-hydrogen) atoms. The first-order valence-electron chi connectivity index (χ1n) is 8.54. The second-order valence-corrected chi connectivity index (χ2v) is 5.84. The number of benzene rings is 2. The van der Waals surface area contributed by atoms with E-state index >= 15 is 0 Å². The molecular formula is C20H21N5O2. The van der Waals surface area contributed by atoms with E-state index in [2.05, 4.69) is 20.6 Å². The topological polar surface area (TPSA) is 102 Å². The van der Waals surface area contributed by atoms with Gasteiger partial charge in [0.25, 0.3) is 0 Å². The zero-order valence-electron chi connectivity index (χ0n) is 15.0. The van der Waals surface area contributed by atoms with E-state index in [4.69, 9.17) is 10.5 Å². The van der Waals surface area contributed by atoms with Crippen molar-refractivity contribution in [2.45, 2.75) is 6.92 Å². The molecule has 4 N–H and O–H groups in total. The first-order valence-corrected chi connectivity index (χ1v) is 8.54. The molecule has 0 atom stereocenters. The summed E-state index contributed by atoms with van der Waals surface area (Å²) in [7, 11) is 0. The average Bonchev–Trinajstić information content (AvgIpc) is 2.67. The summed E-state index contributed by atoms with van der Waals surface area (Å²) >= 11 is 0. The summed E-state index contributed by atoms with van der Waals surface area (Å²) in [5.41, 5.74) is 8.57. The third-order valence-electron chi connectivity index (χ3n) is 3.61. The van der Waals surface area contributed by atoms with Crippen LogP contribution in [0.1, 0.15) is 6.92 Å². The molecule has 0 aliphatic carbocycles. The third-order valence-corrected chi connectivity index (χ3v) is 3.61. The Bertz CT molecular complexity index is 930. The molecule has 7 heteroatoms. The van der Waals surface area contributed by atoms with Crippen LogP contribution in [0.25, 0.3) is 11.3 Å². The van der Waals surface area contributed by atoms with E-state index in [9.17, 15) is 4.79 Å². The second kappa shape index (κ2) is 8.77. The van der Waals surface area contributed by atoms with E-state index in [1.54, 1.807) is 12.4 Å². The monoisotopic (exact) mass is 363 g/mol. The van der Waals surface area contributed by atoms with Gasteiger partial charge in [-0.05, 0) is 24.3 Å². The van der Waals surface area contributed by atoms with Gasteiger partial charge in [0.15, 0.2) is 0 Å². The van der Waals surface area contributed by atoms with Gasteiger partial charge >= 0.3 is 0 Å². The first-order chi connectivity index (χ1) is 13.1. The molecule has 1 amide bonds. The van der Waals surface area contributed by atoms with Crippen LogP contribution in [-0.2, 0) is 4.79 Å². The van der Waals surface area contributed by atoms with E-state index in [1.807, 2.05) is 48.5 Å². The van der Waals surface area contributed by atoms with Crippen LogP contribution in [-0.4, -0.2) is 29.0 Å². The van der Waals surface area contributed by atoms with Gasteiger partial charge in [-0.25, -0.2) is 4.98 Å². The molecule has 0 spiro atoms. The fraction of sp³-hybridized carbons (Fsp3) is 0.150. The maximum absolute atomic E-state index is 11.2. The molecule has 0 fully saturated rings. The van der Waals surface area contributed by atoms with Crippen molar-refractivity contribution in [3.8, 4) is 17.0 Å². The van der Waals surface area contributed by atoms with Crippen LogP contribution < -0.4 is 21.1 Å². The van der Waals surface area contributed by atoms with Gasteiger partial charge in [-0.3, -0.25) is 9.78 Å². The van der Waals surface area contributed by atoms with Crippen LogP contribution in [0.2, 0.25) is 0 Å². The van der Waals surface area contributed by atoms with Gasteiger partial charge in [0.05, 0.1) is 18.1 Å². The third kappa shape index (κ3) is 5.26. The van der Waals surface area contributed by atoms with Crippen molar-refractivity contribution in [3.05, 3.63) is 60.9 Å². The number of carbonyl (C=O) groups excluding carboxylic acids is 1. The van der Waals surface area contributed by atoms with E-state index in [0.29, 0.717) is 30.4 Å². The van der Waals surface area contributed by atoms with Crippen molar-refractivity contribution in [2.24, 2.45) is 5.73 Å². The summed E-state index contributed by atoms with van der Waals surface area (Å²) in [4.78, 5) is 20.1. The number of carbonyl (C=O) groups is 1. The summed E-state index contributed by atoms with van der Waals surface area (Å²) in [5.74, 6) is 1.22. The summed E-state index contributed by atoms with van der Waals surface area (Å²) in [6, 6.07) is 15.0. The highest BCUT2D eigenvalue weighted by Gasteiger charge is 2.05.